The summed E-state index contributed by atoms with van der Waals surface area (Å²) in [5, 5.41) is 12.6. The van der Waals surface area contributed by atoms with E-state index < -0.39 is 11.6 Å². The molecule has 3 aromatic carbocycles. The van der Waals surface area contributed by atoms with E-state index >= 15 is 0 Å². The van der Waals surface area contributed by atoms with Gasteiger partial charge in [-0.1, -0.05) is 91.9 Å². The Kier molecular flexibility index (Phi) is 10.1. The summed E-state index contributed by atoms with van der Waals surface area (Å²) < 4.78 is 0. The zero-order chi connectivity index (χ0) is 31.3. The summed E-state index contributed by atoms with van der Waals surface area (Å²) in [5.41, 5.74) is 3.65. The Morgan fingerprint density at radius 1 is 0.955 bits per heavy atom. The molecule has 1 spiro atoms. The fourth-order valence-electron chi connectivity index (χ4n) is 6.36. The Hall–Kier alpha value is -3.68. The number of nitrogens with zero attached hydrogens (tertiary/aromatic N) is 2. The van der Waals surface area contributed by atoms with Crippen LogP contribution in [0.4, 0.5) is 0 Å². The van der Waals surface area contributed by atoms with Crippen molar-refractivity contribution in [2.75, 3.05) is 6.54 Å². The van der Waals surface area contributed by atoms with Crippen LogP contribution in [0.1, 0.15) is 92.2 Å². The molecule has 0 radical (unpaired) electrons. The lowest BCUT2D eigenvalue weighted by Gasteiger charge is -2.44. The predicted molar refractivity (Wildman–Crippen MR) is 174 cm³/mol. The summed E-state index contributed by atoms with van der Waals surface area (Å²) in [6, 6.07) is 20.3. The summed E-state index contributed by atoms with van der Waals surface area (Å²) in [6.45, 7) is 2.20. The van der Waals surface area contributed by atoms with Crippen molar-refractivity contribution in [3.8, 4) is 11.1 Å². The van der Waals surface area contributed by atoms with E-state index in [9.17, 15) is 14.4 Å². The maximum Gasteiger partial charge on any atom is 0.305 e. The van der Waals surface area contributed by atoms with Crippen LogP contribution < -0.4 is 5.32 Å². The first-order valence-electron chi connectivity index (χ1n) is 15.3. The second kappa shape index (κ2) is 14.0. The van der Waals surface area contributed by atoms with Crippen LogP contribution in [0.3, 0.4) is 0 Å². The Morgan fingerprint density at radius 2 is 1.59 bits per heavy atom. The second-order valence-electron chi connectivity index (χ2n) is 11.5. The van der Waals surface area contributed by atoms with E-state index in [-0.39, 0.29) is 30.8 Å². The van der Waals surface area contributed by atoms with Gasteiger partial charge in [0.1, 0.15) is 11.4 Å². The summed E-state index contributed by atoms with van der Waals surface area (Å²) in [5.74, 6) is -1.36. The molecule has 9 heteroatoms. The number of carboxylic acids is 1. The lowest BCUT2D eigenvalue weighted by Crippen LogP contribution is -2.50. The normalized spacial score (nSPS) is 16.6. The third-order valence-electron chi connectivity index (χ3n) is 8.58. The van der Waals surface area contributed by atoms with Gasteiger partial charge in [0.15, 0.2) is 0 Å². The molecular weight excluding hydrogens is 597 g/mol. The van der Waals surface area contributed by atoms with E-state index in [4.69, 9.17) is 33.3 Å². The molecule has 5 rings (SSSR count). The van der Waals surface area contributed by atoms with E-state index in [0.717, 1.165) is 73.6 Å². The molecular formula is C35H37Cl2N3O4. The number of aliphatic imine (C=N–C) groups is 1. The number of halogens is 2. The molecule has 1 fully saturated rings. The quantitative estimate of drug-likeness (QED) is 0.223. The zero-order valence-corrected chi connectivity index (χ0v) is 26.3. The number of carboxylic acid groups (broad SMARTS) is 1. The van der Waals surface area contributed by atoms with Crippen molar-refractivity contribution in [1.29, 1.82) is 0 Å². The molecule has 0 aromatic heterocycles. The van der Waals surface area contributed by atoms with Gasteiger partial charge in [0, 0.05) is 33.3 Å². The minimum absolute atomic E-state index is 0.0619. The number of benzene rings is 3. The molecule has 230 valence electrons. The van der Waals surface area contributed by atoms with E-state index in [1.165, 1.54) is 0 Å². The molecule has 1 saturated carbocycles. The van der Waals surface area contributed by atoms with Crippen LogP contribution in [0.15, 0.2) is 71.7 Å². The van der Waals surface area contributed by atoms with Gasteiger partial charge >= 0.3 is 5.97 Å². The Labute approximate surface area is 268 Å². The molecule has 2 N–H and O–H groups in total. The van der Waals surface area contributed by atoms with Crippen LogP contribution in [0.5, 0.6) is 0 Å². The van der Waals surface area contributed by atoms with Crippen molar-refractivity contribution in [2.24, 2.45) is 4.99 Å². The molecule has 7 nitrogen and oxygen atoms in total. The van der Waals surface area contributed by atoms with E-state index in [1.807, 2.05) is 47.4 Å². The molecule has 1 heterocycles. The van der Waals surface area contributed by atoms with Crippen LogP contribution in [0.2, 0.25) is 10.0 Å². The SMILES string of the molecule is CCCCC(c1ccc(C(=O)NCCC(=O)O)cc1)N1C(=O)C(c2ccc(-c3c(Cl)cccc3Cl)cc2)=NC12CCCCC2. The van der Waals surface area contributed by atoms with Gasteiger partial charge in [-0.25, -0.2) is 0 Å². The second-order valence-corrected chi connectivity index (χ2v) is 12.3. The maximum absolute atomic E-state index is 14.4. The lowest BCUT2D eigenvalue weighted by atomic mass is 9.86. The minimum Gasteiger partial charge on any atom is -0.481 e. The van der Waals surface area contributed by atoms with Gasteiger partial charge in [-0.05, 0) is 67.5 Å². The highest BCUT2D eigenvalue weighted by Crippen LogP contribution is 2.46. The van der Waals surface area contributed by atoms with E-state index in [1.54, 1.807) is 24.3 Å². The van der Waals surface area contributed by atoms with Crippen LogP contribution in [0.25, 0.3) is 11.1 Å². The summed E-state index contributed by atoms with van der Waals surface area (Å²) in [4.78, 5) is 45.1. The third-order valence-corrected chi connectivity index (χ3v) is 9.21. The average molecular weight is 635 g/mol. The van der Waals surface area contributed by atoms with Crippen molar-refractivity contribution in [3.63, 3.8) is 0 Å². The van der Waals surface area contributed by atoms with Gasteiger partial charge in [0.25, 0.3) is 11.8 Å². The highest BCUT2D eigenvalue weighted by molar-refractivity contribution is 6.47. The Bertz CT molecular complexity index is 1530. The number of carbonyl (C=O) groups is 3. The number of carbonyl (C=O) groups excluding carboxylic acids is 2. The maximum atomic E-state index is 14.4. The standard InChI is InChI=1S/C35H37Cl2N3O4/c1-2-3-10-29(23-11-17-26(18-12-23)33(43)38-22-19-30(41)42)40-34(44)32(39-35(40)20-5-4-6-21-35)25-15-13-24(14-16-25)31-27(36)8-7-9-28(31)37/h7-9,11-18,29H,2-6,10,19-22H2,1H3,(H,38,43)(H,41,42). The van der Waals surface area contributed by atoms with Gasteiger partial charge in [-0.3, -0.25) is 19.4 Å². The van der Waals surface area contributed by atoms with Gasteiger partial charge in [-0.15, -0.1) is 0 Å². The summed E-state index contributed by atoms with van der Waals surface area (Å²) in [6.07, 6.45) is 7.29. The van der Waals surface area contributed by atoms with Crippen molar-refractivity contribution in [2.45, 2.75) is 76.4 Å². The highest BCUT2D eigenvalue weighted by Gasteiger charge is 2.50. The number of aliphatic carboxylic acids is 1. The first kappa shape index (κ1) is 31.7. The number of hydrogen-bond donors (Lipinski definition) is 2. The molecule has 44 heavy (non-hydrogen) atoms. The molecule has 2 aliphatic rings. The molecule has 2 amide bonds. The van der Waals surface area contributed by atoms with Crippen LogP contribution in [-0.2, 0) is 9.59 Å². The largest absolute Gasteiger partial charge is 0.481 e. The monoisotopic (exact) mass is 633 g/mol. The smallest absolute Gasteiger partial charge is 0.305 e. The van der Waals surface area contributed by atoms with Crippen molar-refractivity contribution in [3.05, 3.63) is 93.5 Å². The third kappa shape index (κ3) is 6.69. The topological polar surface area (TPSA) is 99.1 Å². The van der Waals surface area contributed by atoms with Crippen LogP contribution in [0, 0.1) is 0 Å². The lowest BCUT2D eigenvalue weighted by molar-refractivity contribution is -0.137. The molecule has 1 aliphatic heterocycles. The molecule has 1 atom stereocenters. The number of amides is 2. The van der Waals surface area contributed by atoms with Crippen molar-refractivity contribution in [1.82, 2.24) is 10.2 Å². The van der Waals surface area contributed by atoms with Gasteiger partial charge in [0.05, 0.1) is 12.5 Å². The summed E-state index contributed by atoms with van der Waals surface area (Å²) in [7, 11) is 0. The molecule has 0 bridgehead atoms. The number of unbranched alkanes of at least 4 members (excludes halogenated alkanes) is 1. The number of hydrogen-bond acceptors (Lipinski definition) is 4. The van der Waals surface area contributed by atoms with Crippen molar-refractivity contribution < 1.29 is 19.5 Å². The highest BCUT2D eigenvalue weighted by atomic mass is 35.5. The summed E-state index contributed by atoms with van der Waals surface area (Å²) >= 11 is 12.9. The molecule has 3 aromatic rings. The Balaban J connectivity index is 1.45. The molecule has 0 saturated heterocycles. The van der Waals surface area contributed by atoms with Gasteiger partial charge in [-0.2, -0.15) is 0 Å². The molecule has 1 unspecified atom stereocenters. The first-order chi connectivity index (χ1) is 21.2. The fraction of sp³-hybridized carbons (Fsp3) is 0.371. The average Bonchev–Trinajstić information content (AvgIpc) is 3.28. The van der Waals surface area contributed by atoms with E-state index in [0.29, 0.717) is 21.3 Å². The predicted octanol–water partition coefficient (Wildman–Crippen LogP) is 8.09. The van der Waals surface area contributed by atoms with Crippen molar-refractivity contribution >= 4 is 46.7 Å². The van der Waals surface area contributed by atoms with E-state index in [2.05, 4.69) is 12.2 Å². The van der Waals surface area contributed by atoms with Crippen LogP contribution in [-0.4, -0.2) is 45.7 Å². The number of nitrogens with one attached hydrogen (secondary N) is 1. The fourth-order valence-corrected chi connectivity index (χ4v) is 6.97. The minimum atomic E-state index is -0.964. The Morgan fingerprint density at radius 3 is 2.20 bits per heavy atom. The van der Waals surface area contributed by atoms with Gasteiger partial charge < -0.3 is 15.3 Å². The molecule has 1 aliphatic carbocycles. The first-order valence-corrected chi connectivity index (χ1v) is 16.1. The van der Waals surface area contributed by atoms with Gasteiger partial charge in [0.2, 0.25) is 0 Å². The number of rotatable bonds is 11. The zero-order valence-electron chi connectivity index (χ0n) is 24.8. The van der Waals surface area contributed by atoms with Crippen LogP contribution >= 0.6 is 23.2 Å².